The number of hydrogen-bond acceptors (Lipinski definition) is 1. The molecule has 2 rings (SSSR count). The molecule has 1 fully saturated rings. The van der Waals surface area contributed by atoms with Crippen molar-refractivity contribution in [2.75, 3.05) is 0 Å². The van der Waals surface area contributed by atoms with E-state index < -0.39 is 0 Å². The Morgan fingerprint density at radius 1 is 1.46 bits per heavy atom. The summed E-state index contributed by atoms with van der Waals surface area (Å²) < 4.78 is 0. The highest BCUT2D eigenvalue weighted by molar-refractivity contribution is 9.09. The average molecular weight is 259 g/mol. The van der Waals surface area contributed by atoms with Gasteiger partial charge in [-0.15, -0.1) is 11.3 Å². The quantitative estimate of drug-likeness (QED) is 0.699. The molecule has 2 unspecified atom stereocenters. The average Bonchev–Trinajstić information content (AvgIpc) is 2.87. The Kier molecular flexibility index (Phi) is 2.80. The lowest BCUT2D eigenvalue weighted by atomic mass is 10.0. The van der Waals surface area contributed by atoms with Gasteiger partial charge < -0.3 is 0 Å². The van der Waals surface area contributed by atoms with Crippen LogP contribution in [0.2, 0.25) is 0 Å². The minimum absolute atomic E-state index is 0.582. The van der Waals surface area contributed by atoms with Gasteiger partial charge in [0.05, 0.1) is 4.83 Å². The van der Waals surface area contributed by atoms with E-state index in [9.17, 15) is 0 Å². The van der Waals surface area contributed by atoms with Gasteiger partial charge in [-0.25, -0.2) is 0 Å². The van der Waals surface area contributed by atoms with Crippen LogP contribution in [0, 0.1) is 18.8 Å². The number of hydrogen-bond donors (Lipinski definition) is 0. The molecule has 2 heteroatoms. The van der Waals surface area contributed by atoms with Crippen LogP contribution in [0.25, 0.3) is 0 Å². The van der Waals surface area contributed by atoms with E-state index in [1.165, 1.54) is 22.6 Å². The number of alkyl halides is 1. The van der Waals surface area contributed by atoms with E-state index in [1.54, 1.807) is 0 Å². The molecule has 1 aromatic rings. The monoisotopic (exact) mass is 258 g/mol. The third kappa shape index (κ3) is 2.16. The zero-order valence-electron chi connectivity index (χ0n) is 8.09. The zero-order valence-corrected chi connectivity index (χ0v) is 10.5. The molecular formula is C11H15BrS. The van der Waals surface area contributed by atoms with E-state index >= 15 is 0 Å². The van der Waals surface area contributed by atoms with Gasteiger partial charge in [0.15, 0.2) is 0 Å². The van der Waals surface area contributed by atoms with Gasteiger partial charge in [0.25, 0.3) is 0 Å². The molecule has 2 atom stereocenters. The van der Waals surface area contributed by atoms with Gasteiger partial charge in [0.2, 0.25) is 0 Å². The molecule has 0 bridgehead atoms. The molecule has 1 aliphatic rings. The van der Waals surface area contributed by atoms with Crippen LogP contribution in [0.5, 0.6) is 0 Å². The van der Waals surface area contributed by atoms with Gasteiger partial charge in [-0.2, -0.15) is 0 Å². The molecule has 1 saturated carbocycles. The van der Waals surface area contributed by atoms with Crippen LogP contribution in [0.15, 0.2) is 12.1 Å². The van der Waals surface area contributed by atoms with Gasteiger partial charge in [0.1, 0.15) is 0 Å². The number of halogens is 1. The first-order valence-corrected chi connectivity index (χ1v) is 6.62. The molecular weight excluding hydrogens is 244 g/mol. The van der Waals surface area contributed by atoms with E-state index in [2.05, 4.69) is 41.9 Å². The van der Waals surface area contributed by atoms with Crippen LogP contribution >= 0.6 is 27.3 Å². The molecule has 0 aromatic carbocycles. The van der Waals surface area contributed by atoms with Crippen molar-refractivity contribution in [2.45, 2.75) is 31.5 Å². The Morgan fingerprint density at radius 2 is 2.15 bits per heavy atom. The number of aryl methyl sites for hydroxylation is 1. The second-order valence-electron chi connectivity index (χ2n) is 4.05. The molecule has 0 nitrogen and oxygen atoms in total. The third-order valence-corrected chi connectivity index (χ3v) is 5.57. The van der Waals surface area contributed by atoms with Crippen molar-refractivity contribution in [3.8, 4) is 0 Å². The van der Waals surface area contributed by atoms with Crippen molar-refractivity contribution in [3.63, 3.8) is 0 Å². The summed E-state index contributed by atoms with van der Waals surface area (Å²) in [6.07, 6.45) is 2.88. The van der Waals surface area contributed by atoms with Crippen LogP contribution in [0.4, 0.5) is 0 Å². The van der Waals surface area contributed by atoms with Crippen LogP contribution < -0.4 is 0 Å². The standard InChI is InChI=1S/C11H15BrS/c1-7-3-6-10(13-7)11(12)8(2)9-4-5-9/h3,6,8-9,11H,4-5H2,1-2H3. The predicted octanol–water partition coefficient (Wildman–Crippen LogP) is 4.54. The highest BCUT2D eigenvalue weighted by Gasteiger charge is 2.33. The largest absolute Gasteiger partial charge is 0.145 e. The van der Waals surface area contributed by atoms with Crippen LogP contribution in [0.3, 0.4) is 0 Å². The van der Waals surface area contributed by atoms with Gasteiger partial charge in [-0.3, -0.25) is 0 Å². The van der Waals surface area contributed by atoms with Crippen molar-refractivity contribution >= 4 is 27.3 Å². The lowest BCUT2D eigenvalue weighted by molar-refractivity contribution is 0.507. The summed E-state index contributed by atoms with van der Waals surface area (Å²) in [5.41, 5.74) is 0. The first-order chi connectivity index (χ1) is 6.18. The topological polar surface area (TPSA) is 0 Å². The molecule has 72 valence electrons. The van der Waals surface area contributed by atoms with Crippen molar-refractivity contribution < 1.29 is 0 Å². The van der Waals surface area contributed by atoms with Crippen LogP contribution in [0.1, 0.15) is 34.3 Å². The Hall–Kier alpha value is 0.180. The molecule has 1 heterocycles. The zero-order chi connectivity index (χ0) is 9.42. The van der Waals surface area contributed by atoms with Crippen molar-refractivity contribution in [2.24, 2.45) is 11.8 Å². The minimum atomic E-state index is 0.582. The molecule has 13 heavy (non-hydrogen) atoms. The van der Waals surface area contributed by atoms with Crippen molar-refractivity contribution in [1.29, 1.82) is 0 Å². The van der Waals surface area contributed by atoms with Gasteiger partial charge in [-0.05, 0) is 43.7 Å². The summed E-state index contributed by atoms with van der Waals surface area (Å²) in [5.74, 6) is 1.78. The summed E-state index contributed by atoms with van der Waals surface area (Å²) in [5, 5.41) is 0. The molecule has 1 aliphatic carbocycles. The minimum Gasteiger partial charge on any atom is -0.145 e. The fraction of sp³-hybridized carbons (Fsp3) is 0.636. The first-order valence-electron chi connectivity index (χ1n) is 4.89. The Bertz CT molecular complexity index is 288. The van der Waals surface area contributed by atoms with E-state index in [-0.39, 0.29) is 0 Å². The normalized spacial score (nSPS) is 21.5. The van der Waals surface area contributed by atoms with Gasteiger partial charge in [0, 0.05) is 9.75 Å². The van der Waals surface area contributed by atoms with Crippen molar-refractivity contribution in [3.05, 3.63) is 21.9 Å². The second-order valence-corrected chi connectivity index (χ2v) is 6.35. The van der Waals surface area contributed by atoms with Crippen LogP contribution in [-0.2, 0) is 0 Å². The predicted molar refractivity (Wildman–Crippen MR) is 62.6 cm³/mol. The highest BCUT2D eigenvalue weighted by Crippen LogP contribution is 2.47. The van der Waals surface area contributed by atoms with E-state index in [0.717, 1.165) is 11.8 Å². The number of thiophene rings is 1. The molecule has 0 radical (unpaired) electrons. The Balaban J connectivity index is 2.06. The second kappa shape index (κ2) is 3.74. The van der Waals surface area contributed by atoms with E-state index in [0.29, 0.717) is 4.83 Å². The highest BCUT2D eigenvalue weighted by atomic mass is 79.9. The van der Waals surface area contributed by atoms with E-state index in [1.807, 2.05) is 11.3 Å². The molecule has 1 aromatic heterocycles. The number of rotatable bonds is 3. The van der Waals surface area contributed by atoms with Gasteiger partial charge >= 0.3 is 0 Å². The summed E-state index contributed by atoms with van der Waals surface area (Å²) in [4.78, 5) is 3.50. The lowest BCUT2D eigenvalue weighted by Crippen LogP contribution is -2.03. The first kappa shape index (κ1) is 9.72. The molecule has 0 amide bonds. The third-order valence-electron chi connectivity index (χ3n) is 2.86. The maximum atomic E-state index is 3.82. The fourth-order valence-corrected chi connectivity index (χ4v) is 3.56. The maximum absolute atomic E-state index is 3.82. The fourth-order valence-electron chi connectivity index (χ4n) is 1.72. The summed E-state index contributed by atoms with van der Waals surface area (Å²) >= 11 is 5.74. The summed E-state index contributed by atoms with van der Waals surface area (Å²) in [6, 6.07) is 4.48. The van der Waals surface area contributed by atoms with Gasteiger partial charge in [-0.1, -0.05) is 22.9 Å². The molecule has 0 aliphatic heterocycles. The van der Waals surface area contributed by atoms with E-state index in [4.69, 9.17) is 0 Å². The Labute approximate surface area is 92.5 Å². The summed E-state index contributed by atoms with van der Waals surface area (Å²) in [7, 11) is 0. The van der Waals surface area contributed by atoms with Crippen LogP contribution in [-0.4, -0.2) is 0 Å². The summed E-state index contributed by atoms with van der Waals surface area (Å²) in [6.45, 7) is 4.54. The van der Waals surface area contributed by atoms with Crippen molar-refractivity contribution in [1.82, 2.24) is 0 Å². The lowest BCUT2D eigenvalue weighted by Gasteiger charge is -2.15. The SMILES string of the molecule is Cc1ccc(C(Br)C(C)C2CC2)s1. The molecule has 0 spiro atoms. The Morgan fingerprint density at radius 3 is 2.62 bits per heavy atom. The maximum Gasteiger partial charge on any atom is 0.0517 e. The molecule has 0 N–H and O–H groups in total. The molecule has 0 saturated heterocycles. The smallest absolute Gasteiger partial charge is 0.0517 e.